The van der Waals surface area contributed by atoms with Gasteiger partial charge in [-0.25, -0.2) is 4.39 Å². The van der Waals surface area contributed by atoms with E-state index in [2.05, 4.69) is 15.9 Å². The summed E-state index contributed by atoms with van der Waals surface area (Å²) in [6, 6.07) is 11.0. The average molecular weight is 302 g/mol. The molecule has 2 aromatic carbocycles. The summed E-state index contributed by atoms with van der Waals surface area (Å²) in [6.45, 7) is 0. The second-order valence-electron chi connectivity index (χ2n) is 3.13. The lowest BCUT2D eigenvalue weighted by Gasteiger charge is -2.07. The summed E-state index contributed by atoms with van der Waals surface area (Å²) in [5, 5.41) is 0.623. The summed E-state index contributed by atoms with van der Waals surface area (Å²) in [5.74, 6) is 0.919. The normalized spacial score (nSPS) is 10.2. The minimum Gasteiger partial charge on any atom is -0.456 e. The van der Waals surface area contributed by atoms with E-state index in [-0.39, 0.29) is 5.82 Å². The third-order valence-electron chi connectivity index (χ3n) is 1.94. The van der Waals surface area contributed by atoms with Crippen LogP contribution in [0.1, 0.15) is 0 Å². The smallest absolute Gasteiger partial charge is 0.141 e. The third-order valence-corrected chi connectivity index (χ3v) is 2.79. The van der Waals surface area contributed by atoms with Gasteiger partial charge >= 0.3 is 0 Å². The van der Waals surface area contributed by atoms with E-state index in [1.54, 1.807) is 30.3 Å². The summed E-state index contributed by atoms with van der Waals surface area (Å²) in [6.07, 6.45) is 0. The first-order chi connectivity index (χ1) is 7.65. The van der Waals surface area contributed by atoms with Crippen LogP contribution in [0.4, 0.5) is 4.39 Å². The molecule has 0 fully saturated rings. The molecule has 4 heteroatoms. The second kappa shape index (κ2) is 4.85. The molecular weight excluding hydrogens is 294 g/mol. The Labute approximate surface area is 106 Å². The molecule has 16 heavy (non-hydrogen) atoms. The number of benzene rings is 2. The molecule has 0 bridgehead atoms. The lowest BCUT2D eigenvalue weighted by Crippen LogP contribution is -1.85. The maximum absolute atomic E-state index is 12.7. The number of ether oxygens (including phenoxy) is 1. The minimum absolute atomic E-state index is 0.289. The highest BCUT2D eigenvalue weighted by Gasteiger charge is 2.03. The summed E-state index contributed by atoms with van der Waals surface area (Å²) < 4.78 is 19.0. The van der Waals surface area contributed by atoms with Gasteiger partial charge < -0.3 is 4.74 Å². The van der Waals surface area contributed by atoms with Crippen LogP contribution in [-0.4, -0.2) is 0 Å². The minimum atomic E-state index is -0.289. The molecule has 0 N–H and O–H groups in total. The van der Waals surface area contributed by atoms with Crippen molar-refractivity contribution in [3.8, 4) is 11.5 Å². The fourth-order valence-electron chi connectivity index (χ4n) is 1.19. The molecule has 0 aliphatic heterocycles. The van der Waals surface area contributed by atoms with E-state index in [9.17, 15) is 4.39 Å². The number of rotatable bonds is 2. The van der Waals surface area contributed by atoms with Crippen molar-refractivity contribution in [1.29, 1.82) is 0 Å². The highest BCUT2D eigenvalue weighted by atomic mass is 79.9. The Morgan fingerprint density at radius 1 is 1.06 bits per heavy atom. The molecule has 0 aromatic heterocycles. The first-order valence-corrected chi connectivity index (χ1v) is 5.71. The van der Waals surface area contributed by atoms with Gasteiger partial charge in [-0.1, -0.05) is 11.6 Å². The molecule has 0 aliphatic carbocycles. The zero-order valence-electron chi connectivity index (χ0n) is 8.08. The molecule has 1 nitrogen and oxygen atoms in total. The van der Waals surface area contributed by atoms with Crippen LogP contribution in [0.2, 0.25) is 5.02 Å². The topological polar surface area (TPSA) is 9.23 Å². The highest BCUT2D eigenvalue weighted by molar-refractivity contribution is 9.10. The van der Waals surface area contributed by atoms with Gasteiger partial charge in [-0.3, -0.25) is 0 Å². The molecule has 0 heterocycles. The van der Waals surface area contributed by atoms with Crippen molar-refractivity contribution in [2.75, 3.05) is 0 Å². The lowest BCUT2D eigenvalue weighted by molar-refractivity contribution is 0.477. The van der Waals surface area contributed by atoms with Gasteiger partial charge in [-0.2, -0.15) is 0 Å². The summed E-state index contributed by atoms with van der Waals surface area (Å²) in [7, 11) is 0. The highest BCUT2D eigenvalue weighted by Crippen LogP contribution is 2.31. The molecule has 0 saturated heterocycles. The van der Waals surface area contributed by atoms with Crippen molar-refractivity contribution in [2.24, 2.45) is 0 Å². The molecule has 0 radical (unpaired) electrons. The molecule has 2 rings (SSSR count). The van der Waals surface area contributed by atoms with Crippen molar-refractivity contribution in [3.05, 3.63) is 57.8 Å². The zero-order valence-corrected chi connectivity index (χ0v) is 10.4. The maximum atomic E-state index is 12.7. The summed E-state index contributed by atoms with van der Waals surface area (Å²) in [4.78, 5) is 0. The van der Waals surface area contributed by atoms with E-state index < -0.39 is 0 Å². The summed E-state index contributed by atoms with van der Waals surface area (Å²) in [5.41, 5.74) is 0. The number of halogens is 3. The lowest BCUT2D eigenvalue weighted by atomic mass is 10.3. The van der Waals surface area contributed by atoms with Crippen LogP contribution in [0.25, 0.3) is 0 Å². The Bertz CT molecular complexity index is 499. The fraction of sp³-hybridized carbons (Fsp3) is 0. The van der Waals surface area contributed by atoms with Gasteiger partial charge in [0.2, 0.25) is 0 Å². The van der Waals surface area contributed by atoms with Crippen LogP contribution in [0, 0.1) is 5.82 Å². The van der Waals surface area contributed by atoms with Crippen LogP contribution in [0.15, 0.2) is 46.9 Å². The third kappa shape index (κ3) is 2.74. The molecule has 2 aromatic rings. The monoisotopic (exact) mass is 300 g/mol. The largest absolute Gasteiger partial charge is 0.456 e. The Morgan fingerprint density at radius 3 is 2.38 bits per heavy atom. The Kier molecular flexibility index (Phi) is 3.46. The van der Waals surface area contributed by atoms with Gasteiger partial charge in [0.1, 0.15) is 17.3 Å². The van der Waals surface area contributed by atoms with Crippen molar-refractivity contribution in [2.45, 2.75) is 0 Å². The maximum Gasteiger partial charge on any atom is 0.141 e. The predicted molar refractivity (Wildman–Crippen MR) is 65.6 cm³/mol. The fourth-order valence-corrected chi connectivity index (χ4v) is 1.95. The van der Waals surface area contributed by atoms with Crippen molar-refractivity contribution in [1.82, 2.24) is 0 Å². The number of hydrogen-bond acceptors (Lipinski definition) is 1. The van der Waals surface area contributed by atoms with Crippen molar-refractivity contribution >= 4 is 27.5 Å². The molecule has 0 atom stereocenters. The second-order valence-corrected chi connectivity index (χ2v) is 4.42. The Morgan fingerprint density at radius 2 is 1.75 bits per heavy atom. The van der Waals surface area contributed by atoms with Gasteiger partial charge in [0.15, 0.2) is 0 Å². The van der Waals surface area contributed by atoms with Crippen LogP contribution >= 0.6 is 27.5 Å². The summed E-state index contributed by atoms with van der Waals surface area (Å²) >= 11 is 9.14. The van der Waals surface area contributed by atoms with E-state index in [0.29, 0.717) is 16.5 Å². The van der Waals surface area contributed by atoms with Crippen molar-refractivity contribution < 1.29 is 9.13 Å². The molecule has 0 spiro atoms. The number of hydrogen-bond donors (Lipinski definition) is 0. The standard InChI is InChI=1S/C12H7BrClFO/c13-11-7-8(14)1-6-12(11)16-10-4-2-9(15)3-5-10/h1-7H. The van der Waals surface area contributed by atoms with Gasteiger partial charge in [-0.15, -0.1) is 0 Å². The van der Waals surface area contributed by atoms with Crippen molar-refractivity contribution in [3.63, 3.8) is 0 Å². The van der Waals surface area contributed by atoms with Crippen LogP contribution < -0.4 is 4.74 Å². The van der Waals surface area contributed by atoms with E-state index >= 15 is 0 Å². The Hall–Kier alpha value is -1.06. The zero-order chi connectivity index (χ0) is 11.5. The molecule has 0 saturated carbocycles. The molecule has 82 valence electrons. The van der Waals surface area contributed by atoms with Gasteiger partial charge in [0.05, 0.1) is 4.47 Å². The van der Waals surface area contributed by atoms with E-state index in [1.807, 2.05) is 0 Å². The van der Waals surface area contributed by atoms with Crippen LogP contribution in [0.3, 0.4) is 0 Å². The first kappa shape index (κ1) is 11.4. The van der Waals surface area contributed by atoms with Gasteiger partial charge in [-0.05, 0) is 58.4 Å². The van der Waals surface area contributed by atoms with E-state index in [0.717, 1.165) is 4.47 Å². The predicted octanol–water partition coefficient (Wildman–Crippen LogP) is 5.03. The van der Waals surface area contributed by atoms with Crippen LogP contribution in [-0.2, 0) is 0 Å². The van der Waals surface area contributed by atoms with Gasteiger partial charge in [0, 0.05) is 5.02 Å². The molecule has 0 unspecified atom stereocenters. The Balaban J connectivity index is 2.23. The average Bonchev–Trinajstić information content (AvgIpc) is 2.25. The molecule has 0 aliphatic rings. The molecular formula is C12H7BrClFO. The molecule has 0 amide bonds. The van der Waals surface area contributed by atoms with E-state index in [1.165, 1.54) is 12.1 Å². The quantitative estimate of drug-likeness (QED) is 0.755. The van der Waals surface area contributed by atoms with Crippen LogP contribution in [0.5, 0.6) is 11.5 Å². The van der Waals surface area contributed by atoms with E-state index in [4.69, 9.17) is 16.3 Å². The van der Waals surface area contributed by atoms with Gasteiger partial charge in [0.25, 0.3) is 0 Å². The first-order valence-electron chi connectivity index (χ1n) is 4.53. The SMILES string of the molecule is Fc1ccc(Oc2ccc(Cl)cc2Br)cc1.